The van der Waals surface area contributed by atoms with Gasteiger partial charge in [0.1, 0.15) is 11.7 Å². The van der Waals surface area contributed by atoms with Crippen LogP contribution in [-0.2, 0) is 0 Å². The molecule has 0 aromatic heterocycles. The lowest BCUT2D eigenvalue weighted by atomic mass is 9.89. The van der Waals surface area contributed by atoms with Crippen LogP contribution in [0.25, 0.3) is 21.9 Å². The van der Waals surface area contributed by atoms with Gasteiger partial charge in [0.25, 0.3) is 0 Å². The summed E-state index contributed by atoms with van der Waals surface area (Å²) in [4.78, 5) is 14.7. The summed E-state index contributed by atoms with van der Waals surface area (Å²) in [6, 6.07) is 42.1. The molecule has 7 rings (SSSR count). The number of rotatable bonds is 5. The van der Waals surface area contributed by atoms with Gasteiger partial charge in [-0.2, -0.15) is 0 Å². The molecule has 0 bridgehead atoms. The van der Waals surface area contributed by atoms with E-state index in [0.29, 0.717) is 0 Å². The Kier molecular flexibility index (Phi) is 5.91. The number of nitrogens with zero attached hydrogens (tertiary/aromatic N) is 3. The third kappa shape index (κ3) is 4.47. The molecule has 0 saturated carbocycles. The molecular weight excluding hydrogens is 476 g/mol. The van der Waals surface area contributed by atoms with Crippen LogP contribution >= 0.6 is 0 Å². The second-order valence-corrected chi connectivity index (χ2v) is 9.69. The maximum Gasteiger partial charge on any atom is 0.169 e. The molecule has 0 radical (unpaired) electrons. The number of nitrogens with one attached hydrogen (secondary N) is 1. The Morgan fingerprint density at radius 1 is 0.564 bits per heavy atom. The van der Waals surface area contributed by atoms with Crippen molar-refractivity contribution in [2.75, 3.05) is 0 Å². The molecule has 4 nitrogen and oxygen atoms in total. The molecule has 5 aromatic rings. The van der Waals surface area contributed by atoms with Crippen LogP contribution in [0, 0.1) is 0 Å². The molecule has 2 heterocycles. The summed E-state index contributed by atoms with van der Waals surface area (Å²) < 4.78 is 0. The first-order valence-corrected chi connectivity index (χ1v) is 13.2. The van der Waals surface area contributed by atoms with E-state index < -0.39 is 0 Å². The molecule has 0 amide bonds. The Morgan fingerprint density at radius 3 is 1.85 bits per heavy atom. The van der Waals surface area contributed by atoms with E-state index in [1.165, 1.54) is 21.9 Å². The summed E-state index contributed by atoms with van der Waals surface area (Å²) in [7, 11) is 0. The Hall–Kier alpha value is -5.09. The Bertz CT molecular complexity index is 1700. The minimum Gasteiger partial charge on any atom is -0.324 e. The monoisotopic (exact) mass is 502 g/mol. The number of aliphatic imine (C=N–C) groups is 3. The van der Waals surface area contributed by atoms with Gasteiger partial charge in [-0.05, 0) is 39.1 Å². The van der Waals surface area contributed by atoms with Crippen molar-refractivity contribution in [2.24, 2.45) is 15.0 Å². The highest BCUT2D eigenvalue weighted by Crippen LogP contribution is 2.38. The van der Waals surface area contributed by atoms with E-state index in [1.54, 1.807) is 0 Å². The summed E-state index contributed by atoms with van der Waals surface area (Å²) in [5.41, 5.74) is 6.71. The SMILES string of the molecule is C1=CC(c2ccc3ccccc3c2-c2ccc(C3N=C(c4ccccc4)NC(c4ccccc4)=N3)cc2)N=C1. The fourth-order valence-electron chi connectivity index (χ4n) is 5.29. The molecule has 0 saturated heterocycles. The average Bonchev–Trinajstić information content (AvgIpc) is 3.56. The van der Waals surface area contributed by atoms with Gasteiger partial charge in [0.15, 0.2) is 6.17 Å². The van der Waals surface area contributed by atoms with Gasteiger partial charge < -0.3 is 5.32 Å². The molecule has 4 heteroatoms. The zero-order valence-corrected chi connectivity index (χ0v) is 21.3. The first-order chi connectivity index (χ1) is 19.3. The molecule has 1 N–H and O–H groups in total. The van der Waals surface area contributed by atoms with Crippen LogP contribution in [0.4, 0.5) is 0 Å². The van der Waals surface area contributed by atoms with Gasteiger partial charge in [0.2, 0.25) is 0 Å². The topological polar surface area (TPSA) is 49.1 Å². The zero-order chi connectivity index (χ0) is 26.0. The molecular formula is C35H26N4. The van der Waals surface area contributed by atoms with Gasteiger partial charge >= 0.3 is 0 Å². The van der Waals surface area contributed by atoms with Gasteiger partial charge in [-0.15, -0.1) is 0 Å². The van der Waals surface area contributed by atoms with Crippen molar-refractivity contribution in [3.63, 3.8) is 0 Å². The molecule has 2 aliphatic rings. The predicted molar refractivity (Wildman–Crippen MR) is 162 cm³/mol. The summed E-state index contributed by atoms with van der Waals surface area (Å²) in [6.45, 7) is 0. The lowest BCUT2D eigenvalue weighted by Gasteiger charge is -2.22. The molecule has 186 valence electrons. The van der Waals surface area contributed by atoms with Gasteiger partial charge in [-0.25, -0.2) is 9.98 Å². The highest BCUT2D eigenvalue weighted by atomic mass is 15.2. The van der Waals surface area contributed by atoms with Crippen molar-refractivity contribution < 1.29 is 0 Å². The van der Waals surface area contributed by atoms with Gasteiger partial charge in [-0.1, -0.05) is 127 Å². The highest BCUT2D eigenvalue weighted by Gasteiger charge is 2.22. The van der Waals surface area contributed by atoms with Gasteiger partial charge in [0, 0.05) is 17.3 Å². The molecule has 2 aliphatic heterocycles. The van der Waals surface area contributed by atoms with Crippen molar-refractivity contribution >= 4 is 28.7 Å². The van der Waals surface area contributed by atoms with Crippen molar-refractivity contribution in [2.45, 2.75) is 12.2 Å². The number of benzene rings is 5. The summed E-state index contributed by atoms with van der Waals surface area (Å²) in [6.07, 6.45) is 5.71. The Balaban J connectivity index is 1.31. The largest absolute Gasteiger partial charge is 0.324 e. The minimum absolute atomic E-state index is 0.0322. The van der Waals surface area contributed by atoms with Crippen LogP contribution in [-0.4, -0.2) is 17.9 Å². The number of amidine groups is 2. The third-order valence-electron chi connectivity index (χ3n) is 7.24. The molecule has 1 atom stereocenters. The molecule has 0 aliphatic carbocycles. The van der Waals surface area contributed by atoms with Crippen molar-refractivity contribution in [1.82, 2.24) is 5.32 Å². The van der Waals surface area contributed by atoms with Crippen molar-refractivity contribution in [3.05, 3.63) is 156 Å². The zero-order valence-electron chi connectivity index (χ0n) is 21.3. The van der Waals surface area contributed by atoms with E-state index in [2.05, 4.69) is 101 Å². The Morgan fingerprint density at radius 2 is 1.21 bits per heavy atom. The average molecular weight is 503 g/mol. The quantitative estimate of drug-likeness (QED) is 0.263. The lowest BCUT2D eigenvalue weighted by molar-refractivity contribution is 0.756. The fraction of sp³-hybridized carbons (Fsp3) is 0.0571. The summed E-state index contributed by atoms with van der Waals surface area (Å²) in [5.74, 6) is 1.64. The standard InChI is InChI=1S/C35H26N4/c1-3-11-26(12-4-1)33-37-34(27-13-5-2-6-14-27)39-35(38-33)28-19-17-25(18-20-28)32-29-15-8-7-10-24(29)21-22-30(32)31-16-9-23-36-31/h1-23,31,35H,(H,37,38,39). The second-order valence-electron chi connectivity index (χ2n) is 9.69. The van der Waals surface area contributed by atoms with Gasteiger partial charge in [0.05, 0.1) is 6.04 Å². The lowest BCUT2D eigenvalue weighted by Crippen LogP contribution is -2.35. The number of hydrogen-bond donors (Lipinski definition) is 1. The number of allylic oxidation sites excluding steroid dienone is 1. The van der Waals surface area contributed by atoms with Crippen LogP contribution < -0.4 is 5.32 Å². The molecule has 1 unspecified atom stereocenters. The molecule has 39 heavy (non-hydrogen) atoms. The van der Waals surface area contributed by atoms with Crippen LogP contribution in [0.15, 0.2) is 148 Å². The first kappa shape index (κ1) is 23.1. The Labute approximate surface area is 227 Å². The van der Waals surface area contributed by atoms with E-state index in [1.807, 2.05) is 48.7 Å². The predicted octanol–water partition coefficient (Wildman–Crippen LogP) is 7.68. The highest BCUT2D eigenvalue weighted by molar-refractivity contribution is 6.15. The molecule has 5 aromatic carbocycles. The maximum absolute atomic E-state index is 5.02. The minimum atomic E-state index is -0.347. The molecule has 0 spiro atoms. The normalized spacial score (nSPS) is 16.7. The van der Waals surface area contributed by atoms with E-state index in [-0.39, 0.29) is 12.2 Å². The first-order valence-electron chi connectivity index (χ1n) is 13.2. The number of hydrogen-bond acceptors (Lipinski definition) is 4. The van der Waals surface area contributed by atoms with Crippen LogP contribution in [0.2, 0.25) is 0 Å². The molecule has 0 fully saturated rings. The van der Waals surface area contributed by atoms with E-state index in [0.717, 1.165) is 33.9 Å². The smallest absolute Gasteiger partial charge is 0.169 e. The van der Waals surface area contributed by atoms with Crippen LogP contribution in [0.3, 0.4) is 0 Å². The van der Waals surface area contributed by atoms with Crippen LogP contribution in [0.1, 0.15) is 34.5 Å². The third-order valence-corrected chi connectivity index (χ3v) is 7.24. The van der Waals surface area contributed by atoms with E-state index >= 15 is 0 Å². The van der Waals surface area contributed by atoms with Crippen molar-refractivity contribution in [3.8, 4) is 11.1 Å². The summed E-state index contributed by atoms with van der Waals surface area (Å²) >= 11 is 0. The maximum atomic E-state index is 5.02. The second kappa shape index (κ2) is 9.99. The van der Waals surface area contributed by atoms with Gasteiger partial charge in [-0.3, -0.25) is 4.99 Å². The van der Waals surface area contributed by atoms with Crippen molar-refractivity contribution in [1.29, 1.82) is 0 Å². The van der Waals surface area contributed by atoms with E-state index in [9.17, 15) is 0 Å². The number of fused-ring (bicyclic) bond motifs is 1. The van der Waals surface area contributed by atoms with Crippen LogP contribution in [0.5, 0.6) is 0 Å². The van der Waals surface area contributed by atoms with E-state index in [4.69, 9.17) is 9.98 Å². The summed E-state index contributed by atoms with van der Waals surface area (Å²) in [5, 5.41) is 5.91. The fourth-order valence-corrected chi connectivity index (χ4v) is 5.29.